The Labute approximate surface area is 238 Å². The molecule has 0 aliphatic carbocycles. The van der Waals surface area contributed by atoms with Crippen molar-refractivity contribution in [3.63, 3.8) is 0 Å². The van der Waals surface area contributed by atoms with Gasteiger partial charge in [-0.15, -0.1) is 0 Å². The normalized spacial score (nSPS) is 14.5. The molecule has 12 heteroatoms. The third kappa shape index (κ3) is 6.88. The standard InChI is InChI=1S/C27H23BrN2O7S2/c1-3-36-22-14-18(13-21(28)25(22)37-39(34,35)20-11-9-17(2)10-12-20)15-23-26(32)30(27(33)38-23)16-24(31)29-19-7-5-4-6-8-19/h4-15H,3,16H2,1-2H3,(H,29,31)/b23-15-. The molecule has 0 spiro atoms. The van der Waals surface area contributed by atoms with Crippen molar-refractivity contribution in [3.05, 3.63) is 87.2 Å². The van der Waals surface area contributed by atoms with Gasteiger partial charge in [0.05, 0.1) is 16.0 Å². The zero-order valence-electron chi connectivity index (χ0n) is 20.8. The third-order valence-electron chi connectivity index (χ3n) is 5.37. The number of nitrogens with zero attached hydrogens (tertiary/aromatic N) is 1. The summed E-state index contributed by atoms with van der Waals surface area (Å²) in [6.45, 7) is 3.34. The van der Waals surface area contributed by atoms with Crippen LogP contribution in [0.4, 0.5) is 10.5 Å². The number of ether oxygens (including phenoxy) is 1. The SMILES string of the molecule is CCOc1cc(/C=C2\SC(=O)N(CC(=O)Nc3ccccc3)C2=O)cc(Br)c1OS(=O)(=O)c1ccc(C)cc1. The molecule has 0 saturated carbocycles. The Morgan fingerprint density at radius 2 is 1.77 bits per heavy atom. The number of nitrogens with one attached hydrogen (secondary N) is 1. The lowest BCUT2D eigenvalue weighted by Gasteiger charge is -2.15. The number of carbonyl (C=O) groups is 3. The van der Waals surface area contributed by atoms with Crippen LogP contribution in [-0.2, 0) is 19.7 Å². The largest absolute Gasteiger partial charge is 0.490 e. The average molecular weight is 632 g/mol. The predicted molar refractivity (Wildman–Crippen MR) is 152 cm³/mol. The van der Waals surface area contributed by atoms with Crippen LogP contribution in [0.3, 0.4) is 0 Å². The summed E-state index contributed by atoms with van der Waals surface area (Å²) in [5.41, 5.74) is 1.89. The summed E-state index contributed by atoms with van der Waals surface area (Å²) in [7, 11) is -4.16. The van der Waals surface area contributed by atoms with Gasteiger partial charge in [0.2, 0.25) is 5.91 Å². The van der Waals surface area contributed by atoms with Crippen molar-refractivity contribution in [2.24, 2.45) is 0 Å². The highest BCUT2D eigenvalue weighted by molar-refractivity contribution is 9.10. The van der Waals surface area contributed by atoms with E-state index in [-0.39, 0.29) is 32.4 Å². The summed E-state index contributed by atoms with van der Waals surface area (Å²) in [5.74, 6) is -1.07. The molecule has 3 aromatic rings. The highest BCUT2D eigenvalue weighted by Gasteiger charge is 2.36. The summed E-state index contributed by atoms with van der Waals surface area (Å²) in [6, 6.07) is 18.0. The van der Waals surface area contributed by atoms with Gasteiger partial charge in [-0.3, -0.25) is 19.3 Å². The van der Waals surface area contributed by atoms with Gasteiger partial charge in [-0.2, -0.15) is 8.42 Å². The number of imide groups is 1. The molecule has 0 unspecified atom stereocenters. The van der Waals surface area contributed by atoms with Crippen LogP contribution < -0.4 is 14.2 Å². The van der Waals surface area contributed by atoms with E-state index in [1.165, 1.54) is 24.3 Å². The summed E-state index contributed by atoms with van der Waals surface area (Å²) in [5, 5.41) is 2.06. The number of carbonyl (C=O) groups excluding carboxylic acids is 3. The maximum absolute atomic E-state index is 12.9. The van der Waals surface area contributed by atoms with Crippen LogP contribution in [0.1, 0.15) is 18.1 Å². The molecule has 3 aromatic carbocycles. The van der Waals surface area contributed by atoms with Gasteiger partial charge in [-0.25, -0.2) is 0 Å². The Morgan fingerprint density at radius 1 is 1.08 bits per heavy atom. The number of benzene rings is 3. The van der Waals surface area contributed by atoms with E-state index in [2.05, 4.69) is 21.2 Å². The zero-order valence-corrected chi connectivity index (χ0v) is 24.1. The Morgan fingerprint density at radius 3 is 2.44 bits per heavy atom. The van der Waals surface area contributed by atoms with E-state index in [1.54, 1.807) is 55.5 Å². The highest BCUT2D eigenvalue weighted by Crippen LogP contribution is 2.40. The highest BCUT2D eigenvalue weighted by atomic mass is 79.9. The van der Waals surface area contributed by atoms with Crippen LogP contribution in [-0.4, -0.2) is 43.5 Å². The molecule has 1 aliphatic rings. The number of thioether (sulfide) groups is 1. The second kappa shape index (κ2) is 12.1. The first-order chi connectivity index (χ1) is 18.6. The first kappa shape index (κ1) is 28.4. The van der Waals surface area contributed by atoms with Crippen molar-refractivity contribution in [1.29, 1.82) is 0 Å². The molecular weight excluding hydrogens is 608 g/mol. The van der Waals surface area contributed by atoms with E-state index >= 15 is 0 Å². The number of hydrogen-bond donors (Lipinski definition) is 1. The predicted octanol–water partition coefficient (Wildman–Crippen LogP) is 5.60. The molecule has 1 fully saturated rings. The van der Waals surface area contributed by atoms with Gasteiger partial charge in [0.25, 0.3) is 11.1 Å². The van der Waals surface area contributed by atoms with Crippen molar-refractivity contribution < 1.29 is 31.7 Å². The van der Waals surface area contributed by atoms with Gasteiger partial charge in [0.15, 0.2) is 11.5 Å². The number of rotatable bonds is 9. The summed E-state index contributed by atoms with van der Waals surface area (Å²) < 4.78 is 37.0. The number of hydrogen-bond acceptors (Lipinski definition) is 8. The molecule has 1 aliphatic heterocycles. The molecular formula is C27H23BrN2O7S2. The van der Waals surface area contributed by atoms with E-state index in [9.17, 15) is 22.8 Å². The molecule has 0 aromatic heterocycles. The third-order valence-corrected chi connectivity index (χ3v) is 8.10. The molecule has 0 radical (unpaired) electrons. The lowest BCUT2D eigenvalue weighted by Crippen LogP contribution is -2.36. The summed E-state index contributed by atoms with van der Waals surface area (Å²) >= 11 is 4.03. The molecule has 4 rings (SSSR count). The van der Waals surface area contributed by atoms with Crippen molar-refractivity contribution in [1.82, 2.24) is 4.90 Å². The minimum atomic E-state index is -4.16. The maximum Gasteiger partial charge on any atom is 0.339 e. The fourth-order valence-electron chi connectivity index (χ4n) is 3.53. The molecule has 3 amide bonds. The molecule has 9 nitrogen and oxygen atoms in total. The van der Waals surface area contributed by atoms with Crippen LogP contribution in [0.2, 0.25) is 0 Å². The van der Waals surface area contributed by atoms with Gasteiger partial charge < -0.3 is 14.2 Å². The number of halogens is 1. The quantitative estimate of drug-likeness (QED) is 0.240. The Bertz CT molecular complexity index is 1560. The van der Waals surface area contributed by atoms with Gasteiger partial charge >= 0.3 is 10.1 Å². The van der Waals surface area contributed by atoms with Crippen LogP contribution in [0.15, 0.2) is 81.0 Å². The van der Waals surface area contributed by atoms with Gasteiger partial charge in [0, 0.05) is 5.69 Å². The molecule has 1 saturated heterocycles. The fourth-order valence-corrected chi connectivity index (χ4v) is 5.97. The Hall–Kier alpha value is -3.61. The average Bonchev–Trinajstić information content (AvgIpc) is 3.14. The first-order valence-electron chi connectivity index (χ1n) is 11.6. The van der Waals surface area contributed by atoms with Crippen LogP contribution in [0.5, 0.6) is 11.5 Å². The molecule has 0 bridgehead atoms. The van der Waals surface area contributed by atoms with E-state index < -0.39 is 33.7 Å². The number of aryl methyl sites for hydroxylation is 1. The number of anilines is 1. The molecule has 0 atom stereocenters. The van der Waals surface area contributed by atoms with Crippen molar-refractivity contribution in [2.75, 3.05) is 18.5 Å². The van der Waals surface area contributed by atoms with Crippen molar-refractivity contribution in [3.8, 4) is 11.5 Å². The Kier molecular flexibility index (Phi) is 8.78. The first-order valence-corrected chi connectivity index (χ1v) is 14.7. The van der Waals surface area contributed by atoms with Crippen molar-refractivity contribution in [2.45, 2.75) is 18.7 Å². The summed E-state index contributed by atoms with van der Waals surface area (Å²) in [4.78, 5) is 38.8. The van der Waals surface area contributed by atoms with Crippen molar-refractivity contribution >= 4 is 66.6 Å². The zero-order chi connectivity index (χ0) is 28.2. The van der Waals surface area contributed by atoms with Gasteiger partial charge in [0.1, 0.15) is 11.4 Å². The van der Waals surface area contributed by atoms with E-state index in [4.69, 9.17) is 8.92 Å². The van der Waals surface area contributed by atoms with Crippen LogP contribution in [0.25, 0.3) is 6.08 Å². The molecule has 1 heterocycles. The van der Waals surface area contributed by atoms with E-state index in [0.29, 0.717) is 23.0 Å². The fraction of sp³-hybridized carbons (Fsp3) is 0.148. The smallest absolute Gasteiger partial charge is 0.339 e. The minimum absolute atomic E-state index is 0.0171. The van der Waals surface area contributed by atoms with E-state index in [0.717, 1.165) is 10.5 Å². The van der Waals surface area contributed by atoms with Gasteiger partial charge in [-0.1, -0.05) is 35.9 Å². The summed E-state index contributed by atoms with van der Waals surface area (Å²) in [6.07, 6.45) is 1.46. The number of amides is 3. The van der Waals surface area contributed by atoms with Gasteiger partial charge in [-0.05, 0) is 89.6 Å². The van der Waals surface area contributed by atoms with Crippen LogP contribution >= 0.6 is 27.7 Å². The molecule has 202 valence electrons. The second-order valence-corrected chi connectivity index (χ2v) is 11.7. The van der Waals surface area contributed by atoms with Crippen LogP contribution in [0, 0.1) is 6.92 Å². The molecule has 39 heavy (non-hydrogen) atoms. The second-order valence-electron chi connectivity index (χ2n) is 8.30. The van der Waals surface area contributed by atoms with E-state index in [1.807, 2.05) is 6.92 Å². The number of para-hydroxylation sites is 1. The maximum atomic E-state index is 12.9. The topological polar surface area (TPSA) is 119 Å². The minimum Gasteiger partial charge on any atom is -0.490 e. The lowest BCUT2D eigenvalue weighted by atomic mass is 10.2. The Balaban J connectivity index is 1.55. The monoisotopic (exact) mass is 630 g/mol. The molecule has 1 N–H and O–H groups in total. The lowest BCUT2D eigenvalue weighted by molar-refractivity contribution is -0.127.